The van der Waals surface area contributed by atoms with E-state index in [1.54, 1.807) is 25.1 Å². The first-order chi connectivity index (χ1) is 26.5. The molecule has 2 aromatic heterocycles. The van der Waals surface area contributed by atoms with Crippen molar-refractivity contribution < 1.29 is 33.0 Å². The van der Waals surface area contributed by atoms with Crippen molar-refractivity contribution in [1.82, 2.24) is 0 Å². The summed E-state index contributed by atoms with van der Waals surface area (Å²) in [5, 5.41) is 11.1. The van der Waals surface area contributed by atoms with Crippen molar-refractivity contribution >= 4 is 58.3 Å². The maximum atomic E-state index is 12.5. The maximum absolute atomic E-state index is 12.5. The lowest BCUT2D eigenvalue weighted by Crippen LogP contribution is -2.06. The molecule has 6 rings (SSSR count). The minimum absolute atomic E-state index is 0.00755. The fourth-order valence-electron chi connectivity index (χ4n) is 5.42. The number of para-hydroxylation sites is 2. The highest BCUT2D eigenvalue weighted by Gasteiger charge is 2.11. The molecule has 4 aromatic carbocycles. The molecule has 0 saturated heterocycles. The summed E-state index contributed by atoms with van der Waals surface area (Å²) < 4.78 is 20.5. The molecule has 6 aromatic rings. The number of hydrogen-bond acceptors (Lipinski definition) is 11. The van der Waals surface area contributed by atoms with Gasteiger partial charge in [-0.2, -0.15) is 0 Å². The van der Waals surface area contributed by atoms with Gasteiger partial charge in [-0.05, 0) is 86.1 Å². The minimum Gasteiger partial charge on any atom is -0.469 e. The van der Waals surface area contributed by atoms with E-state index in [1.807, 2.05) is 61.5 Å². The lowest BCUT2D eigenvalue weighted by atomic mass is 10.1. The van der Waals surface area contributed by atoms with Gasteiger partial charge in [0.2, 0.25) is 0 Å². The van der Waals surface area contributed by atoms with Crippen molar-refractivity contribution in [3.8, 4) is 0 Å². The van der Waals surface area contributed by atoms with Gasteiger partial charge in [-0.1, -0.05) is 84.6 Å². The van der Waals surface area contributed by atoms with Gasteiger partial charge in [-0.15, -0.1) is 12.6 Å². The van der Waals surface area contributed by atoms with Gasteiger partial charge < -0.3 is 23.4 Å². The molecule has 9 nitrogen and oxygen atoms in total. The Kier molecular flexibility index (Phi) is 16.8. The molecule has 55 heavy (non-hydrogen) atoms. The van der Waals surface area contributed by atoms with E-state index < -0.39 is 0 Å². The SMILES string of the molecule is COC(=O)CCCc1ccc(CO)cc1.COC(=O)CCCc1ccc(CSc2oc3ccccc3c(=O)c2C)cc1.Cc1c(S)oc2ccccc2c1=O. The number of methoxy groups -OCH3 is 2. The highest BCUT2D eigenvalue weighted by Crippen LogP contribution is 2.28. The topological polar surface area (TPSA) is 133 Å². The van der Waals surface area contributed by atoms with E-state index in [2.05, 4.69) is 46.4 Å². The molecule has 0 radical (unpaired) electrons. The number of aryl methyl sites for hydroxylation is 2. The Morgan fingerprint density at radius 2 is 1.07 bits per heavy atom. The Labute approximate surface area is 330 Å². The maximum Gasteiger partial charge on any atom is 0.305 e. The summed E-state index contributed by atoms with van der Waals surface area (Å²) in [5.74, 6) is 0.391. The summed E-state index contributed by atoms with van der Waals surface area (Å²) in [6.45, 7) is 3.59. The molecule has 0 aliphatic rings. The minimum atomic E-state index is -0.171. The molecule has 1 N–H and O–H groups in total. The van der Waals surface area contributed by atoms with E-state index in [4.69, 9.17) is 13.9 Å². The summed E-state index contributed by atoms with van der Waals surface area (Å²) >= 11 is 5.61. The number of ether oxygens (including phenoxy) is 2. The molecule has 0 amide bonds. The van der Waals surface area contributed by atoms with E-state index in [0.717, 1.165) is 42.6 Å². The van der Waals surface area contributed by atoms with E-state index >= 15 is 0 Å². The summed E-state index contributed by atoms with van der Waals surface area (Å²) in [6.07, 6.45) is 4.18. The first-order valence-corrected chi connectivity index (χ1v) is 19.2. The zero-order chi connectivity index (χ0) is 39.7. The normalized spacial score (nSPS) is 10.6. The van der Waals surface area contributed by atoms with Gasteiger partial charge in [-0.25, -0.2) is 0 Å². The molecule has 0 saturated carbocycles. The van der Waals surface area contributed by atoms with E-state index in [1.165, 1.54) is 37.1 Å². The molecule has 0 unspecified atom stereocenters. The van der Waals surface area contributed by atoms with Crippen LogP contribution >= 0.6 is 24.4 Å². The number of thioether (sulfide) groups is 1. The zero-order valence-electron chi connectivity index (χ0n) is 31.5. The fraction of sp³-hybridized carbons (Fsp3) is 0.273. The molecule has 11 heteroatoms. The van der Waals surface area contributed by atoms with Crippen LogP contribution in [0.2, 0.25) is 0 Å². The van der Waals surface area contributed by atoms with Crippen LogP contribution in [0, 0.1) is 13.8 Å². The van der Waals surface area contributed by atoms with Crippen LogP contribution in [0.4, 0.5) is 0 Å². The average molecular weight is 783 g/mol. The predicted molar refractivity (Wildman–Crippen MR) is 220 cm³/mol. The monoisotopic (exact) mass is 782 g/mol. The Morgan fingerprint density at radius 3 is 1.56 bits per heavy atom. The molecule has 2 heterocycles. The Hall–Kier alpha value is -5.10. The highest BCUT2D eigenvalue weighted by atomic mass is 32.2. The quantitative estimate of drug-likeness (QED) is 0.0704. The molecule has 0 spiro atoms. The first kappa shape index (κ1) is 42.6. The van der Waals surface area contributed by atoms with Crippen molar-refractivity contribution in [2.24, 2.45) is 0 Å². The fourth-order valence-corrected chi connectivity index (χ4v) is 6.56. The number of aliphatic hydroxyl groups is 1. The number of esters is 2. The standard InChI is InChI=1S/C22H22O4S.C12H16O3.C10H8O2S/c1-15-21(24)18-7-3-4-8-19(18)26-22(15)27-14-17-12-10-16(11-13-17)6-5-9-20(23)25-2;1-15-12(14)4-2-3-10-5-7-11(9-13)8-6-10;1-6-9(11)7-4-2-3-5-8(7)12-10(6)13/h3-4,7-8,10-13H,5-6,9,14H2,1-2H3;5-8,13H,2-4,9H2,1H3;2-5,13H,1H3. The Balaban J connectivity index is 0.000000202. The van der Waals surface area contributed by atoms with E-state index in [0.29, 0.717) is 56.1 Å². The van der Waals surface area contributed by atoms with Crippen LogP contribution in [0.15, 0.2) is 126 Å². The summed E-state index contributed by atoms with van der Waals surface area (Å²) in [5.41, 5.74) is 6.88. The van der Waals surface area contributed by atoms with Crippen LogP contribution in [-0.4, -0.2) is 31.3 Å². The number of aliphatic hydroxyl groups excluding tert-OH is 1. The van der Waals surface area contributed by atoms with Gasteiger partial charge in [-0.3, -0.25) is 19.2 Å². The number of rotatable bonds is 12. The number of benzene rings is 4. The third-order valence-corrected chi connectivity index (χ3v) is 10.3. The molecule has 0 aliphatic heterocycles. The van der Waals surface area contributed by atoms with Gasteiger partial charge in [0.25, 0.3) is 0 Å². The van der Waals surface area contributed by atoms with Crippen LogP contribution in [0.3, 0.4) is 0 Å². The molecule has 0 atom stereocenters. The van der Waals surface area contributed by atoms with Crippen molar-refractivity contribution in [2.75, 3.05) is 14.2 Å². The summed E-state index contributed by atoms with van der Waals surface area (Å²) in [7, 11) is 2.81. The number of hydrogen-bond donors (Lipinski definition) is 2. The second kappa shape index (κ2) is 21.7. The highest BCUT2D eigenvalue weighted by molar-refractivity contribution is 7.98. The van der Waals surface area contributed by atoms with Gasteiger partial charge in [0.1, 0.15) is 11.2 Å². The summed E-state index contributed by atoms with van der Waals surface area (Å²) in [6, 6.07) is 30.5. The molecular weight excluding hydrogens is 737 g/mol. The average Bonchev–Trinajstić information content (AvgIpc) is 3.22. The van der Waals surface area contributed by atoms with Crippen molar-refractivity contribution in [3.05, 3.63) is 151 Å². The predicted octanol–water partition coefficient (Wildman–Crippen LogP) is 8.95. The number of fused-ring (bicyclic) bond motifs is 2. The number of carbonyl (C=O) groups excluding carboxylic acids is 2. The van der Waals surface area contributed by atoms with E-state index in [9.17, 15) is 19.2 Å². The van der Waals surface area contributed by atoms with Crippen LogP contribution in [0.5, 0.6) is 0 Å². The van der Waals surface area contributed by atoms with Gasteiger partial charge >= 0.3 is 11.9 Å². The van der Waals surface area contributed by atoms with Crippen molar-refractivity contribution in [1.29, 1.82) is 0 Å². The number of thiol groups is 1. The number of carbonyl (C=O) groups is 2. The lowest BCUT2D eigenvalue weighted by Gasteiger charge is -2.07. The molecule has 0 aliphatic carbocycles. The van der Waals surface area contributed by atoms with Crippen molar-refractivity contribution in [2.45, 2.75) is 74.9 Å². The Morgan fingerprint density at radius 1 is 0.636 bits per heavy atom. The molecule has 288 valence electrons. The molecular formula is C44H46O9S2. The first-order valence-electron chi connectivity index (χ1n) is 17.8. The Bertz CT molecular complexity index is 2290. The molecule has 0 fully saturated rings. The third-order valence-electron chi connectivity index (χ3n) is 8.73. The third kappa shape index (κ3) is 12.7. The van der Waals surface area contributed by atoms with Crippen LogP contribution in [0.1, 0.15) is 59.1 Å². The van der Waals surface area contributed by atoms with Gasteiger partial charge in [0, 0.05) is 29.7 Å². The van der Waals surface area contributed by atoms with Gasteiger partial charge in [0.15, 0.2) is 21.0 Å². The second-order valence-corrected chi connectivity index (χ2v) is 14.0. The lowest BCUT2D eigenvalue weighted by molar-refractivity contribution is -0.141. The van der Waals surface area contributed by atoms with Crippen molar-refractivity contribution in [3.63, 3.8) is 0 Å². The molecule has 0 bridgehead atoms. The largest absolute Gasteiger partial charge is 0.469 e. The zero-order valence-corrected chi connectivity index (χ0v) is 33.2. The smallest absolute Gasteiger partial charge is 0.305 e. The van der Waals surface area contributed by atoms with Gasteiger partial charge in [0.05, 0.1) is 31.6 Å². The van der Waals surface area contributed by atoms with E-state index in [-0.39, 0.29) is 29.4 Å². The van der Waals surface area contributed by atoms with Crippen LogP contribution in [0.25, 0.3) is 21.9 Å². The van der Waals surface area contributed by atoms with Crippen LogP contribution in [-0.2, 0) is 44.3 Å². The van der Waals surface area contributed by atoms with Crippen LogP contribution < -0.4 is 10.9 Å². The summed E-state index contributed by atoms with van der Waals surface area (Å²) in [4.78, 5) is 46.1. The second-order valence-electron chi connectivity index (χ2n) is 12.6.